The summed E-state index contributed by atoms with van der Waals surface area (Å²) in [7, 11) is 0. The van der Waals surface area contributed by atoms with Crippen LogP contribution in [-0.4, -0.2) is 23.7 Å². The summed E-state index contributed by atoms with van der Waals surface area (Å²) in [6.07, 6.45) is 2.71. The van der Waals surface area contributed by atoms with Crippen LogP contribution in [-0.2, 0) is 4.79 Å². The fourth-order valence-electron chi connectivity index (χ4n) is 1.59. The Bertz CT molecular complexity index is 201. The summed E-state index contributed by atoms with van der Waals surface area (Å²) in [5.41, 5.74) is 0. The second-order valence-corrected chi connectivity index (χ2v) is 4.64. The molecule has 0 aromatic rings. The molecule has 0 radical (unpaired) electrons. The molecule has 3 heteroatoms. The molecule has 2 N–H and O–H groups in total. The van der Waals surface area contributed by atoms with Crippen molar-refractivity contribution in [2.45, 2.75) is 39.7 Å². The van der Waals surface area contributed by atoms with Crippen molar-refractivity contribution < 1.29 is 9.90 Å². The molecule has 0 saturated heterocycles. The van der Waals surface area contributed by atoms with Gasteiger partial charge >= 0.3 is 5.97 Å². The summed E-state index contributed by atoms with van der Waals surface area (Å²) in [6.45, 7) is 6.88. The number of hydrogen-bond donors (Lipinski definition) is 2. The van der Waals surface area contributed by atoms with Gasteiger partial charge < -0.3 is 10.4 Å². The predicted octanol–water partition coefficient (Wildman–Crippen LogP) is 1.73. The zero-order chi connectivity index (χ0) is 10.7. The molecule has 0 aromatic carbocycles. The molecule has 0 heterocycles. The van der Waals surface area contributed by atoms with Crippen LogP contribution in [0.4, 0.5) is 0 Å². The minimum atomic E-state index is -0.718. The van der Waals surface area contributed by atoms with Gasteiger partial charge in [-0.25, -0.2) is 0 Å². The Balaban J connectivity index is 2.19. The van der Waals surface area contributed by atoms with Crippen LogP contribution in [0.25, 0.3) is 0 Å². The minimum absolute atomic E-state index is 0.0636. The van der Waals surface area contributed by atoms with Gasteiger partial charge in [-0.05, 0) is 38.1 Å². The summed E-state index contributed by atoms with van der Waals surface area (Å²) >= 11 is 0. The summed E-state index contributed by atoms with van der Waals surface area (Å²) in [5, 5.41) is 12.1. The molecule has 1 saturated carbocycles. The Morgan fingerprint density at radius 2 is 2.00 bits per heavy atom. The molecule has 1 aliphatic carbocycles. The Labute approximate surface area is 85.9 Å². The van der Waals surface area contributed by atoms with E-state index < -0.39 is 5.97 Å². The first-order chi connectivity index (χ1) is 6.52. The Morgan fingerprint density at radius 1 is 1.43 bits per heavy atom. The lowest BCUT2D eigenvalue weighted by Crippen LogP contribution is -2.38. The SMILES string of the molecule is CC(CNC(C)C(C)C(=O)O)C1CC1. The van der Waals surface area contributed by atoms with E-state index in [1.165, 1.54) is 12.8 Å². The molecule has 0 bridgehead atoms. The topological polar surface area (TPSA) is 49.3 Å². The Morgan fingerprint density at radius 3 is 2.43 bits per heavy atom. The van der Waals surface area contributed by atoms with E-state index in [0.29, 0.717) is 5.92 Å². The average molecular weight is 199 g/mol. The van der Waals surface area contributed by atoms with Gasteiger partial charge in [-0.15, -0.1) is 0 Å². The lowest BCUT2D eigenvalue weighted by Gasteiger charge is -2.20. The van der Waals surface area contributed by atoms with E-state index in [4.69, 9.17) is 5.11 Å². The fraction of sp³-hybridized carbons (Fsp3) is 0.909. The van der Waals surface area contributed by atoms with Crippen molar-refractivity contribution in [3.63, 3.8) is 0 Å². The highest BCUT2D eigenvalue weighted by Crippen LogP contribution is 2.36. The molecule has 0 aliphatic heterocycles. The lowest BCUT2D eigenvalue weighted by molar-refractivity contribution is -0.141. The third kappa shape index (κ3) is 3.29. The van der Waals surface area contributed by atoms with Gasteiger partial charge in [-0.2, -0.15) is 0 Å². The smallest absolute Gasteiger partial charge is 0.307 e. The average Bonchev–Trinajstić information content (AvgIpc) is 2.95. The zero-order valence-corrected chi connectivity index (χ0v) is 9.29. The number of carboxylic acids is 1. The van der Waals surface area contributed by atoms with Crippen LogP contribution >= 0.6 is 0 Å². The van der Waals surface area contributed by atoms with Gasteiger partial charge in [0.25, 0.3) is 0 Å². The fourth-order valence-corrected chi connectivity index (χ4v) is 1.59. The first-order valence-corrected chi connectivity index (χ1v) is 5.48. The van der Waals surface area contributed by atoms with Gasteiger partial charge in [0, 0.05) is 6.04 Å². The van der Waals surface area contributed by atoms with Gasteiger partial charge in [0.15, 0.2) is 0 Å². The van der Waals surface area contributed by atoms with E-state index in [2.05, 4.69) is 12.2 Å². The number of nitrogens with one attached hydrogen (secondary N) is 1. The summed E-state index contributed by atoms with van der Waals surface area (Å²) in [4.78, 5) is 10.7. The van der Waals surface area contributed by atoms with Crippen LogP contribution in [0.1, 0.15) is 33.6 Å². The number of carboxylic acid groups (broad SMARTS) is 1. The quantitative estimate of drug-likeness (QED) is 0.685. The molecule has 0 amide bonds. The highest BCUT2D eigenvalue weighted by molar-refractivity contribution is 5.70. The molecule has 1 aliphatic rings. The van der Waals surface area contributed by atoms with Crippen LogP contribution in [0.2, 0.25) is 0 Å². The number of rotatable bonds is 6. The minimum Gasteiger partial charge on any atom is -0.481 e. The standard InChI is InChI=1S/C11H21NO2/c1-7(10-4-5-10)6-12-9(3)8(2)11(13)14/h7-10,12H,4-6H2,1-3H3,(H,13,14). The first kappa shape index (κ1) is 11.5. The van der Waals surface area contributed by atoms with Crippen molar-refractivity contribution in [2.24, 2.45) is 17.8 Å². The summed E-state index contributed by atoms with van der Waals surface area (Å²) in [6, 6.07) is 0.0636. The van der Waals surface area contributed by atoms with Gasteiger partial charge in [-0.1, -0.05) is 13.8 Å². The highest BCUT2D eigenvalue weighted by atomic mass is 16.4. The predicted molar refractivity (Wildman–Crippen MR) is 56.2 cm³/mol. The monoisotopic (exact) mass is 199 g/mol. The first-order valence-electron chi connectivity index (χ1n) is 5.48. The molecule has 82 valence electrons. The molecule has 3 atom stereocenters. The Hall–Kier alpha value is -0.570. The maximum atomic E-state index is 10.7. The van der Waals surface area contributed by atoms with Crippen molar-refractivity contribution >= 4 is 5.97 Å². The molecule has 0 aromatic heterocycles. The third-order valence-corrected chi connectivity index (χ3v) is 3.33. The maximum absolute atomic E-state index is 10.7. The van der Waals surface area contributed by atoms with Crippen molar-refractivity contribution in [3.8, 4) is 0 Å². The van der Waals surface area contributed by atoms with Gasteiger partial charge in [0.05, 0.1) is 5.92 Å². The zero-order valence-electron chi connectivity index (χ0n) is 9.29. The van der Waals surface area contributed by atoms with E-state index in [1.807, 2.05) is 6.92 Å². The van der Waals surface area contributed by atoms with E-state index in [0.717, 1.165) is 12.5 Å². The molecule has 0 spiro atoms. The van der Waals surface area contributed by atoms with E-state index in [9.17, 15) is 4.79 Å². The number of hydrogen-bond acceptors (Lipinski definition) is 2. The second-order valence-electron chi connectivity index (χ2n) is 4.64. The third-order valence-electron chi connectivity index (χ3n) is 3.33. The molecule has 14 heavy (non-hydrogen) atoms. The second kappa shape index (κ2) is 4.78. The Kier molecular flexibility index (Phi) is 3.93. The largest absolute Gasteiger partial charge is 0.481 e. The van der Waals surface area contributed by atoms with Crippen LogP contribution in [0, 0.1) is 17.8 Å². The van der Waals surface area contributed by atoms with Gasteiger partial charge in [0.1, 0.15) is 0 Å². The van der Waals surface area contributed by atoms with Crippen LogP contribution in [0.5, 0.6) is 0 Å². The molecule has 3 unspecified atom stereocenters. The van der Waals surface area contributed by atoms with E-state index >= 15 is 0 Å². The molecular formula is C11H21NO2. The molecule has 3 nitrogen and oxygen atoms in total. The van der Waals surface area contributed by atoms with Crippen molar-refractivity contribution in [3.05, 3.63) is 0 Å². The number of carbonyl (C=O) groups is 1. The van der Waals surface area contributed by atoms with Crippen molar-refractivity contribution in [1.29, 1.82) is 0 Å². The van der Waals surface area contributed by atoms with Crippen molar-refractivity contribution in [1.82, 2.24) is 5.32 Å². The van der Waals surface area contributed by atoms with Gasteiger partial charge in [0.2, 0.25) is 0 Å². The lowest BCUT2D eigenvalue weighted by atomic mass is 10.0. The van der Waals surface area contributed by atoms with Gasteiger partial charge in [-0.3, -0.25) is 4.79 Å². The molecular weight excluding hydrogens is 178 g/mol. The van der Waals surface area contributed by atoms with Crippen molar-refractivity contribution in [2.75, 3.05) is 6.54 Å². The molecule has 1 fully saturated rings. The van der Waals surface area contributed by atoms with E-state index in [-0.39, 0.29) is 12.0 Å². The van der Waals surface area contributed by atoms with Crippen LogP contribution in [0.15, 0.2) is 0 Å². The number of aliphatic carboxylic acids is 1. The van der Waals surface area contributed by atoms with Crippen LogP contribution in [0.3, 0.4) is 0 Å². The maximum Gasteiger partial charge on any atom is 0.307 e. The van der Waals surface area contributed by atoms with Crippen LogP contribution < -0.4 is 5.32 Å². The highest BCUT2D eigenvalue weighted by Gasteiger charge is 2.28. The van der Waals surface area contributed by atoms with E-state index in [1.54, 1.807) is 6.92 Å². The summed E-state index contributed by atoms with van der Waals surface area (Å²) < 4.78 is 0. The normalized spacial score (nSPS) is 22.8. The summed E-state index contributed by atoms with van der Waals surface area (Å²) in [5.74, 6) is 0.554. The molecule has 1 rings (SSSR count).